The Morgan fingerprint density at radius 3 is 2.84 bits per heavy atom. The topological polar surface area (TPSA) is 69.5 Å². The van der Waals surface area contributed by atoms with Crippen molar-refractivity contribution in [1.82, 2.24) is 9.97 Å². The standard InChI is InChI=1S/C15H9N3O/c16-8-10-4-3-7-14(18-10)15(19)12-9-17-13-6-2-1-5-11(12)13/h1-7,9,17H. The number of nitriles is 1. The lowest BCUT2D eigenvalue weighted by atomic mass is 10.1. The Kier molecular flexibility index (Phi) is 2.58. The quantitative estimate of drug-likeness (QED) is 0.708. The molecule has 0 amide bonds. The predicted molar refractivity (Wildman–Crippen MR) is 70.7 cm³/mol. The van der Waals surface area contributed by atoms with Crippen molar-refractivity contribution in [3.63, 3.8) is 0 Å². The van der Waals surface area contributed by atoms with Crippen LogP contribution in [-0.2, 0) is 0 Å². The average Bonchev–Trinajstić information content (AvgIpc) is 2.90. The van der Waals surface area contributed by atoms with Gasteiger partial charge in [-0.1, -0.05) is 24.3 Å². The second kappa shape index (κ2) is 4.39. The average molecular weight is 247 g/mol. The third-order valence-electron chi connectivity index (χ3n) is 2.93. The number of benzene rings is 1. The molecule has 0 bridgehead atoms. The van der Waals surface area contributed by atoms with E-state index in [1.807, 2.05) is 30.3 Å². The normalized spacial score (nSPS) is 10.3. The molecule has 1 N–H and O–H groups in total. The molecule has 3 rings (SSSR count). The molecule has 2 aromatic heterocycles. The zero-order chi connectivity index (χ0) is 13.2. The highest BCUT2D eigenvalue weighted by Gasteiger charge is 2.15. The van der Waals surface area contributed by atoms with Gasteiger partial charge in [0.25, 0.3) is 0 Å². The van der Waals surface area contributed by atoms with E-state index in [1.54, 1.807) is 24.4 Å². The van der Waals surface area contributed by atoms with E-state index in [4.69, 9.17) is 5.26 Å². The first kappa shape index (κ1) is 11.2. The number of carbonyl (C=O) groups is 1. The largest absolute Gasteiger partial charge is 0.360 e. The van der Waals surface area contributed by atoms with Crippen LogP contribution in [0.1, 0.15) is 21.7 Å². The van der Waals surface area contributed by atoms with E-state index in [2.05, 4.69) is 9.97 Å². The van der Waals surface area contributed by atoms with Crippen molar-refractivity contribution in [1.29, 1.82) is 5.26 Å². The summed E-state index contributed by atoms with van der Waals surface area (Å²) in [5, 5.41) is 9.67. The molecule has 0 unspecified atom stereocenters. The highest BCUT2D eigenvalue weighted by Crippen LogP contribution is 2.20. The van der Waals surface area contributed by atoms with E-state index in [9.17, 15) is 4.79 Å². The van der Waals surface area contributed by atoms with Gasteiger partial charge in [-0.25, -0.2) is 4.98 Å². The van der Waals surface area contributed by atoms with Crippen molar-refractivity contribution in [2.45, 2.75) is 0 Å². The molecule has 0 aliphatic rings. The van der Waals surface area contributed by atoms with Crippen molar-refractivity contribution in [2.24, 2.45) is 0 Å². The van der Waals surface area contributed by atoms with Crippen LogP contribution in [0.15, 0.2) is 48.7 Å². The number of rotatable bonds is 2. The summed E-state index contributed by atoms with van der Waals surface area (Å²) in [7, 11) is 0. The molecule has 0 spiro atoms. The van der Waals surface area contributed by atoms with Gasteiger partial charge in [0.1, 0.15) is 17.5 Å². The monoisotopic (exact) mass is 247 g/mol. The maximum absolute atomic E-state index is 12.4. The fourth-order valence-electron chi connectivity index (χ4n) is 2.02. The van der Waals surface area contributed by atoms with Gasteiger partial charge in [-0.3, -0.25) is 4.79 Å². The summed E-state index contributed by atoms with van der Waals surface area (Å²) >= 11 is 0. The Labute approximate surface area is 109 Å². The molecule has 0 aliphatic heterocycles. The summed E-state index contributed by atoms with van der Waals surface area (Å²) < 4.78 is 0. The third-order valence-corrected chi connectivity index (χ3v) is 2.93. The van der Waals surface area contributed by atoms with Gasteiger partial charge in [0, 0.05) is 22.7 Å². The van der Waals surface area contributed by atoms with Crippen molar-refractivity contribution >= 4 is 16.7 Å². The number of para-hydroxylation sites is 1. The molecule has 2 heterocycles. The molecule has 4 heteroatoms. The van der Waals surface area contributed by atoms with Gasteiger partial charge in [0.15, 0.2) is 0 Å². The van der Waals surface area contributed by atoms with Gasteiger partial charge in [-0.15, -0.1) is 0 Å². The first-order valence-electron chi connectivity index (χ1n) is 5.77. The van der Waals surface area contributed by atoms with E-state index >= 15 is 0 Å². The second-order valence-electron chi connectivity index (χ2n) is 4.10. The minimum atomic E-state index is -0.186. The van der Waals surface area contributed by atoms with Crippen LogP contribution < -0.4 is 0 Å². The maximum atomic E-state index is 12.4. The minimum absolute atomic E-state index is 0.186. The van der Waals surface area contributed by atoms with Crippen molar-refractivity contribution in [3.8, 4) is 6.07 Å². The third kappa shape index (κ3) is 1.87. The Hall–Kier alpha value is -2.93. The lowest BCUT2D eigenvalue weighted by Crippen LogP contribution is -2.04. The summed E-state index contributed by atoms with van der Waals surface area (Å²) in [6, 6.07) is 14.4. The molecule has 90 valence electrons. The van der Waals surface area contributed by atoms with Gasteiger partial charge in [0.05, 0.1) is 0 Å². The zero-order valence-corrected chi connectivity index (χ0v) is 9.92. The fraction of sp³-hybridized carbons (Fsp3) is 0. The second-order valence-corrected chi connectivity index (χ2v) is 4.10. The number of pyridine rings is 1. The number of hydrogen-bond acceptors (Lipinski definition) is 3. The molecule has 0 saturated heterocycles. The minimum Gasteiger partial charge on any atom is -0.360 e. The lowest BCUT2D eigenvalue weighted by molar-refractivity contribution is 0.103. The highest BCUT2D eigenvalue weighted by atomic mass is 16.1. The van der Waals surface area contributed by atoms with Crippen LogP contribution in [0.2, 0.25) is 0 Å². The van der Waals surface area contributed by atoms with E-state index in [-0.39, 0.29) is 17.2 Å². The number of fused-ring (bicyclic) bond motifs is 1. The van der Waals surface area contributed by atoms with Gasteiger partial charge in [-0.2, -0.15) is 5.26 Å². The van der Waals surface area contributed by atoms with Gasteiger partial charge in [0.2, 0.25) is 5.78 Å². The Morgan fingerprint density at radius 1 is 1.16 bits per heavy atom. The van der Waals surface area contributed by atoms with E-state index in [1.165, 1.54) is 0 Å². The van der Waals surface area contributed by atoms with Crippen molar-refractivity contribution in [2.75, 3.05) is 0 Å². The highest BCUT2D eigenvalue weighted by molar-refractivity contribution is 6.15. The van der Waals surface area contributed by atoms with Crippen LogP contribution in [0.25, 0.3) is 10.9 Å². The Balaban J connectivity index is 2.11. The van der Waals surface area contributed by atoms with Crippen LogP contribution in [0.4, 0.5) is 0 Å². The Bertz CT molecular complexity index is 811. The number of H-pyrrole nitrogens is 1. The molecule has 0 saturated carbocycles. The van der Waals surface area contributed by atoms with Gasteiger partial charge >= 0.3 is 0 Å². The number of aromatic amines is 1. The lowest BCUT2D eigenvalue weighted by Gasteiger charge is -1.99. The van der Waals surface area contributed by atoms with Crippen LogP contribution >= 0.6 is 0 Å². The number of nitrogens with zero attached hydrogens (tertiary/aromatic N) is 2. The zero-order valence-electron chi connectivity index (χ0n) is 9.92. The number of carbonyl (C=O) groups excluding carboxylic acids is 1. The molecule has 0 fully saturated rings. The molecule has 0 atom stereocenters. The smallest absolute Gasteiger partial charge is 0.213 e. The first-order valence-corrected chi connectivity index (χ1v) is 5.77. The molecule has 4 nitrogen and oxygen atoms in total. The Morgan fingerprint density at radius 2 is 2.00 bits per heavy atom. The SMILES string of the molecule is N#Cc1cccc(C(=O)c2c[nH]c3ccccc23)n1. The van der Waals surface area contributed by atoms with Crippen LogP contribution in [-0.4, -0.2) is 15.8 Å². The molecule has 0 radical (unpaired) electrons. The summed E-state index contributed by atoms with van der Waals surface area (Å²) in [6.07, 6.45) is 1.67. The van der Waals surface area contributed by atoms with E-state index < -0.39 is 0 Å². The molecule has 3 aromatic rings. The van der Waals surface area contributed by atoms with E-state index in [0.717, 1.165) is 10.9 Å². The maximum Gasteiger partial charge on any atom is 0.213 e. The summed E-state index contributed by atoms with van der Waals surface area (Å²) in [6.45, 7) is 0. The van der Waals surface area contributed by atoms with Crippen molar-refractivity contribution in [3.05, 3.63) is 65.6 Å². The molecular weight excluding hydrogens is 238 g/mol. The number of aromatic nitrogens is 2. The summed E-state index contributed by atoms with van der Waals surface area (Å²) in [5.41, 5.74) is 2.00. The van der Waals surface area contributed by atoms with Crippen molar-refractivity contribution < 1.29 is 4.79 Å². The number of nitrogens with one attached hydrogen (secondary N) is 1. The number of ketones is 1. The predicted octanol–water partition coefficient (Wildman–Crippen LogP) is 2.67. The number of hydrogen-bond donors (Lipinski definition) is 1. The molecular formula is C15H9N3O. The summed E-state index contributed by atoms with van der Waals surface area (Å²) in [5.74, 6) is -0.186. The van der Waals surface area contributed by atoms with Gasteiger partial charge < -0.3 is 4.98 Å². The van der Waals surface area contributed by atoms with E-state index in [0.29, 0.717) is 5.56 Å². The molecule has 0 aliphatic carbocycles. The van der Waals surface area contributed by atoms with Crippen LogP contribution in [0.3, 0.4) is 0 Å². The summed E-state index contributed by atoms with van der Waals surface area (Å²) in [4.78, 5) is 19.5. The van der Waals surface area contributed by atoms with Gasteiger partial charge in [-0.05, 0) is 18.2 Å². The molecule has 19 heavy (non-hydrogen) atoms. The van der Waals surface area contributed by atoms with Crippen LogP contribution in [0.5, 0.6) is 0 Å². The van der Waals surface area contributed by atoms with Crippen LogP contribution in [0, 0.1) is 11.3 Å². The first-order chi connectivity index (χ1) is 9.29. The molecule has 1 aromatic carbocycles. The fourth-order valence-corrected chi connectivity index (χ4v) is 2.02.